The number of alkyl halides is 3. The van der Waals surface area contributed by atoms with Gasteiger partial charge in [-0.25, -0.2) is 14.4 Å². The van der Waals surface area contributed by atoms with Gasteiger partial charge in [-0.1, -0.05) is 12.1 Å². The number of fused-ring (bicyclic) bond motifs is 1. The van der Waals surface area contributed by atoms with E-state index in [-0.39, 0.29) is 5.56 Å². The lowest BCUT2D eigenvalue weighted by atomic mass is 10.0. The Hall–Kier alpha value is -2.54. The van der Waals surface area contributed by atoms with E-state index in [4.69, 9.17) is 0 Å². The molecular weight excluding hydrogens is 431 g/mol. The zero-order valence-electron chi connectivity index (χ0n) is 17.0. The number of nitrogens with one attached hydrogen (secondary N) is 1. The third kappa shape index (κ3) is 4.15. The van der Waals surface area contributed by atoms with Crippen molar-refractivity contribution in [1.82, 2.24) is 15.0 Å². The van der Waals surface area contributed by atoms with Crippen molar-refractivity contribution in [3.8, 4) is 0 Å². The van der Waals surface area contributed by atoms with Gasteiger partial charge in [-0.2, -0.15) is 13.2 Å². The van der Waals surface area contributed by atoms with Crippen LogP contribution in [0.25, 0.3) is 10.9 Å². The van der Waals surface area contributed by atoms with Crippen LogP contribution in [0.5, 0.6) is 0 Å². The van der Waals surface area contributed by atoms with Gasteiger partial charge < -0.3 is 9.88 Å². The van der Waals surface area contributed by atoms with Crippen LogP contribution >= 0.6 is 7.14 Å². The molecule has 0 spiro atoms. The summed E-state index contributed by atoms with van der Waals surface area (Å²) in [6.07, 6.45) is -0.263. The number of nitrogens with zero attached hydrogens (tertiary/aromatic N) is 3. The first-order valence-corrected chi connectivity index (χ1v) is 12.0. The average molecular weight is 452 g/mol. The molecule has 3 aromatic rings. The molecule has 31 heavy (non-hydrogen) atoms. The summed E-state index contributed by atoms with van der Waals surface area (Å²) < 4.78 is 67.1. The number of pyridine rings is 1. The van der Waals surface area contributed by atoms with Crippen LogP contribution in [0.4, 0.5) is 23.4 Å². The zero-order chi connectivity index (χ0) is 22.4. The van der Waals surface area contributed by atoms with Gasteiger partial charge >= 0.3 is 6.18 Å². The van der Waals surface area contributed by atoms with Gasteiger partial charge in [-0.3, -0.25) is 4.98 Å². The van der Waals surface area contributed by atoms with Crippen LogP contribution in [0.2, 0.25) is 0 Å². The highest BCUT2D eigenvalue weighted by atomic mass is 31.2. The highest BCUT2D eigenvalue weighted by molar-refractivity contribution is 7.71. The van der Waals surface area contributed by atoms with Crippen molar-refractivity contribution in [3.05, 3.63) is 53.2 Å². The summed E-state index contributed by atoms with van der Waals surface area (Å²) in [5.41, 5.74) is -0.419. The molecule has 0 amide bonds. The number of benzene rings is 1. The maximum absolute atomic E-state index is 14.6. The van der Waals surface area contributed by atoms with E-state index in [0.29, 0.717) is 46.4 Å². The fourth-order valence-electron chi connectivity index (χ4n) is 3.93. The quantitative estimate of drug-likeness (QED) is 0.421. The van der Waals surface area contributed by atoms with Crippen LogP contribution in [-0.2, 0) is 10.7 Å². The van der Waals surface area contributed by atoms with Gasteiger partial charge in [0.25, 0.3) is 0 Å². The van der Waals surface area contributed by atoms with Crippen molar-refractivity contribution in [2.75, 3.05) is 17.6 Å². The smallest absolute Gasteiger partial charge is 0.363 e. The SMILES string of the molecule is Cc1nc(N[C@H](C)c2cccc(C(F)(F)F)c2F)c2cc(P3(=O)CCCC3)ncc2n1. The van der Waals surface area contributed by atoms with Gasteiger partial charge in [0, 0.05) is 23.3 Å². The molecule has 1 aliphatic heterocycles. The molecule has 1 fully saturated rings. The number of rotatable bonds is 4. The van der Waals surface area contributed by atoms with E-state index in [0.717, 1.165) is 12.8 Å². The van der Waals surface area contributed by atoms with Crippen LogP contribution < -0.4 is 10.8 Å². The Bertz CT molecular complexity index is 1190. The van der Waals surface area contributed by atoms with Gasteiger partial charge in [0.1, 0.15) is 30.0 Å². The van der Waals surface area contributed by atoms with Crippen LogP contribution in [0.1, 0.15) is 42.8 Å². The third-order valence-electron chi connectivity index (χ3n) is 5.54. The van der Waals surface area contributed by atoms with E-state index >= 15 is 0 Å². The Morgan fingerprint density at radius 1 is 1.16 bits per heavy atom. The molecular formula is C21H21F4N4OP. The summed E-state index contributed by atoms with van der Waals surface area (Å²) in [7, 11) is -2.56. The Balaban J connectivity index is 1.75. The van der Waals surface area contributed by atoms with Gasteiger partial charge in [0.15, 0.2) is 0 Å². The minimum atomic E-state index is -4.79. The predicted octanol–water partition coefficient (Wildman–Crippen LogP) is 5.45. The lowest BCUT2D eigenvalue weighted by Gasteiger charge is -2.20. The summed E-state index contributed by atoms with van der Waals surface area (Å²) in [6.45, 7) is 3.23. The summed E-state index contributed by atoms with van der Waals surface area (Å²) in [6, 6.07) is 4.09. The Morgan fingerprint density at radius 2 is 1.87 bits per heavy atom. The molecule has 0 radical (unpaired) electrons. The Labute approximate surface area is 176 Å². The predicted molar refractivity (Wildman–Crippen MR) is 112 cm³/mol. The number of halogens is 4. The van der Waals surface area contributed by atoms with Crippen molar-refractivity contribution in [2.24, 2.45) is 0 Å². The van der Waals surface area contributed by atoms with Crippen molar-refractivity contribution in [2.45, 2.75) is 38.9 Å². The molecule has 3 heterocycles. The summed E-state index contributed by atoms with van der Waals surface area (Å²) >= 11 is 0. The normalized spacial score (nSPS) is 17.1. The maximum atomic E-state index is 14.6. The zero-order valence-corrected chi connectivity index (χ0v) is 17.9. The Morgan fingerprint density at radius 3 is 2.55 bits per heavy atom. The molecule has 2 aromatic heterocycles. The fourth-order valence-corrected chi connectivity index (χ4v) is 6.71. The molecule has 0 aliphatic carbocycles. The van der Waals surface area contributed by atoms with Crippen LogP contribution in [-0.4, -0.2) is 27.3 Å². The molecule has 1 aliphatic rings. The second-order valence-electron chi connectivity index (χ2n) is 7.80. The van der Waals surface area contributed by atoms with Crippen molar-refractivity contribution < 1.29 is 22.1 Å². The van der Waals surface area contributed by atoms with E-state index in [2.05, 4.69) is 20.3 Å². The first-order chi connectivity index (χ1) is 14.6. The van der Waals surface area contributed by atoms with E-state index in [1.54, 1.807) is 19.9 Å². The first-order valence-electron chi connectivity index (χ1n) is 9.94. The monoisotopic (exact) mass is 452 g/mol. The molecule has 0 unspecified atom stereocenters. The minimum absolute atomic E-state index is 0.128. The summed E-state index contributed by atoms with van der Waals surface area (Å²) in [4.78, 5) is 13.1. The molecule has 4 rings (SSSR count). The molecule has 10 heteroatoms. The molecule has 0 bridgehead atoms. The van der Waals surface area contributed by atoms with Crippen molar-refractivity contribution in [3.63, 3.8) is 0 Å². The van der Waals surface area contributed by atoms with Crippen LogP contribution in [0.3, 0.4) is 0 Å². The molecule has 1 aromatic carbocycles. The molecule has 0 saturated carbocycles. The van der Waals surface area contributed by atoms with Gasteiger partial charge in [0.05, 0.1) is 23.3 Å². The largest absolute Gasteiger partial charge is 0.419 e. The second kappa shape index (κ2) is 7.86. The Kier molecular flexibility index (Phi) is 5.50. The van der Waals surface area contributed by atoms with E-state index in [9.17, 15) is 22.1 Å². The lowest BCUT2D eigenvalue weighted by molar-refractivity contribution is -0.140. The topological polar surface area (TPSA) is 67.8 Å². The minimum Gasteiger partial charge on any atom is -0.363 e. The lowest BCUT2D eigenvalue weighted by Crippen LogP contribution is -2.16. The van der Waals surface area contributed by atoms with Crippen molar-refractivity contribution >= 4 is 29.3 Å². The van der Waals surface area contributed by atoms with E-state index in [1.165, 1.54) is 18.3 Å². The average Bonchev–Trinajstić information content (AvgIpc) is 3.14. The number of anilines is 1. The van der Waals surface area contributed by atoms with Gasteiger partial charge in [-0.15, -0.1) is 0 Å². The molecule has 1 N–H and O–H groups in total. The van der Waals surface area contributed by atoms with Gasteiger partial charge in [0.2, 0.25) is 0 Å². The van der Waals surface area contributed by atoms with Crippen LogP contribution in [0.15, 0.2) is 30.5 Å². The fraction of sp³-hybridized carbons (Fsp3) is 0.381. The molecule has 164 valence electrons. The highest BCUT2D eigenvalue weighted by Crippen LogP contribution is 2.50. The molecule has 5 nitrogen and oxygen atoms in total. The molecule has 1 atom stereocenters. The highest BCUT2D eigenvalue weighted by Gasteiger charge is 2.35. The number of hydrogen-bond donors (Lipinski definition) is 1. The second-order valence-corrected chi connectivity index (χ2v) is 10.9. The van der Waals surface area contributed by atoms with E-state index < -0.39 is 30.7 Å². The number of aryl methyl sites for hydroxylation is 1. The van der Waals surface area contributed by atoms with Crippen molar-refractivity contribution in [1.29, 1.82) is 0 Å². The standard InChI is InChI=1S/C21H21F4N4OP/c1-12(14-6-5-7-16(19(14)22)21(23,24)25)27-20-15-10-18(31(30)8-3-4-9-31)26-11-17(15)28-13(2)29-20/h5-7,10-12H,3-4,8-9H2,1-2H3,(H,27,28,29)/t12-/m1/s1. The third-order valence-corrected chi connectivity index (χ3v) is 8.70. The van der Waals surface area contributed by atoms with E-state index in [1.807, 2.05) is 0 Å². The maximum Gasteiger partial charge on any atom is 0.419 e. The first kappa shape index (κ1) is 21.7. The van der Waals surface area contributed by atoms with Gasteiger partial charge in [-0.05, 0) is 38.8 Å². The summed E-state index contributed by atoms with van der Waals surface area (Å²) in [5.74, 6) is -0.558. The number of aromatic nitrogens is 3. The summed E-state index contributed by atoms with van der Waals surface area (Å²) in [5, 5.41) is 3.57. The van der Waals surface area contributed by atoms with Crippen LogP contribution in [0, 0.1) is 12.7 Å². The molecule has 1 saturated heterocycles. The number of hydrogen-bond acceptors (Lipinski definition) is 5.